The molecule has 0 aliphatic carbocycles. The van der Waals surface area contributed by atoms with Gasteiger partial charge in [-0.1, -0.05) is 0 Å². The van der Waals surface area contributed by atoms with Gasteiger partial charge in [0, 0.05) is 30.8 Å². The third-order valence-electron chi connectivity index (χ3n) is 4.17. The number of rotatable bonds is 6. The highest BCUT2D eigenvalue weighted by Crippen LogP contribution is 2.31. The molecule has 7 nitrogen and oxygen atoms in total. The van der Waals surface area contributed by atoms with Gasteiger partial charge in [-0.05, 0) is 31.0 Å². The third kappa shape index (κ3) is 3.45. The summed E-state index contributed by atoms with van der Waals surface area (Å²) < 4.78 is 5.00. The minimum absolute atomic E-state index is 0.115. The monoisotopic (exact) mass is 362 g/mol. The highest BCUT2D eigenvalue weighted by molar-refractivity contribution is 7.99. The van der Waals surface area contributed by atoms with Crippen molar-refractivity contribution in [1.29, 1.82) is 0 Å². The molecule has 25 heavy (non-hydrogen) atoms. The van der Waals surface area contributed by atoms with Crippen molar-refractivity contribution in [2.45, 2.75) is 30.2 Å². The van der Waals surface area contributed by atoms with E-state index >= 15 is 0 Å². The van der Waals surface area contributed by atoms with E-state index in [9.17, 15) is 19.2 Å². The smallest absolute Gasteiger partial charge is 0.262 e. The minimum Gasteiger partial charge on any atom is -0.385 e. The number of hydrogen-bond donors (Lipinski definition) is 1. The van der Waals surface area contributed by atoms with Gasteiger partial charge < -0.3 is 4.74 Å². The van der Waals surface area contributed by atoms with Crippen LogP contribution in [0.5, 0.6) is 0 Å². The molecule has 0 spiro atoms. The number of carbonyl (C=O) groups excluding carboxylic acids is 4. The van der Waals surface area contributed by atoms with Crippen LogP contribution in [0.1, 0.15) is 40.0 Å². The second kappa shape index (κ2) is 7.37. The molecule has 4 amide bonds. The van der Waals surface area contributed by atoms with Crippen LogP contribution in [0, 0.1) is 0 Å². The lowest BCUT2D eigenvalue weighted by molar-refractivity contribution is -0.136. The van der Waals surface area contributed by atoms with Crippen molar-refractivity contribution in [3.8, 4) is 0 Å². The first-order valence-electron chi connectivity index (χ1n) is 8.00. The third-order valence-corrected chi connectivity index (χ3v) is 5.25. The number of ether oxygens (including phenoxy) is 1. The number of nitrogens with zero attached hydrogens (tertiary/aromatic N) is 1. The Kier molecular flexibility index (Phi) is 5.19. The molecule has 2 heterocycles. The van der Waals surface area contributed by atoms with Crippen LogP contribution >= 0.6 is 11.8 Å². The molecule has 8 heteroatoms. The van der Waals surface area contributed by atoms with Crippen LogP contribution in [0.25, 0.3) is 0 Å². The number of nitrogens with one attached hydrogen (secondary N) is 1. The van der Waals surface area contributed by atoms with E-state index in [4.69, 9.17) is 4.74 Å². The largest absolute Gasteiger partial charge is 0.385 e. The van der Waals surface area contributed by atoms with Gasteiger partial charge in [-0.2, -0.15) is 0 Å². The molecule has 1 unspecified atom stereocenters. The van der Waals surface area contributed by atoms with E-state index in [1.807, 2.05) is 0 Å². The Balaban J connectivity index is 1.77. The molecule has 0 saturated carbocycles. The number of amides is 4. The molecule has 0 bridgehead atoms. The Morgan fingerprint density at radius 1 is 1.20 bits per heavy atom. The first kappa shape index (κ1) is 17.6. The Hall–Kier alpha value is -2.19. The zero-order valence-electron chi connectivity index (χ0n) is 13.7. The normalized spacial score (nSPS) is 20.0. The van der Waals surface area contributed by atoms with E-state index in [0.717, 1.165) is 22.0 Å². The maximum absolute atomic E-state index is 12.7. The number of thioether (sulfide) groups is 1. The van der Waals surface area contributed by atoms with Crippen molar-refractivity contribution >= 4 is 35.4 Å². The number of methoxy groups -OCH3 is 1. The molecule has 0 radical (unpaired) electrons. The number of hydrogen-bond acceptors (Lipinski definition) is 6. The SMILES string of the molecule is COCCCSc1ccc2c(c1)C(=O)N(C1CCC(=O)NC1=O)C2=O. The van der Waals surface area contributed by atoms with E-state index < -0.39 is 23.8 Å². The molecule has 1 N–H and O–H groups in total. The number of carbonyl (C=O) groups is 4. The van der Waals surface area contributed by atoms with E-state index in [1.54, 1.807) is 37.1 Å². The predicted molar refractivity (Wildman–Crippen MR) is 90.3 cm³/mol. The topological polar surface area (TPSA) is 92.8 Å². The van der Waals surface area contributed by atoms with Crippen LogP contribution in [-0.4, -0.2) is 54.0 Å². The lowest BCUT2D eigenvalue weighted by Gasteiger charge is -2.27. The van der Waals surface area contributed by atoms with Gasteiger partial charge >= 0.3 is 0 Å². The fraction of sp³-hybridized carbons (Fsp3) is 0.412. The molecule has 132 valence electrons. The first-order chi connectivity index (χ1) is 12.0. The Morgan fingerprint density at radius 2 is 1.96 bits per heavy atom. The van der Waals surface area contributed by atoms with Crippen LogP contribution in [0.2, 0.25) is 0 Å². The van der Waals surface area contributed by atoms with Crippen molar-refractivity contribution in [3.63, 3.8) is 0 Å². The second-order valence-electron chi connectivity index (χ2n) is 5.85. The van der Waals surface area contributed by atoms with E-state index in [2.05, 4.69) is 5.32 Å². The molecule has 1 aromatic carbocycles. The predicted octanol–water partition coefficient (Wildman–Crippen LogP) is 1.22. The molecular weight excluding hydrogens is 344 g/mol. The van der Waals surface area contributed by atoms with E-state index in [-0.39, 0.29) is 18.7 Å². The summed E-state index contributed by atoms with van der Waals surface area (Å²) in [7, 11) is 1.65. The zero-order valence-corrected chi connectivity index (χ0v) is 14.6. The molecule has 1 atom stereocenters. The van der Waals surface area contributed by atoms with Gasteiger partial charge in [-0.3, -0.25) is 29.4 Å². The van der Waals surface area contributed by atoms with Crippen molar-refractivity contribution < 1.29 is 23.9 Å². The van der Waals surface area contributed by atoms with Gasteiger partial charge in [-0.15, -0.1) is 11.8 Å². The number of fused-ring (bicyclic) bond motifs is 1. The summed E-state index contributed by atoms with van der Waals surface area (Å²) in [4.78, 5) is 50.4. The Labute approximate surface area is 149 Å². The van der Waals surface area contributed by atoms with Gasteiger partial charge in [0.05, 0.1) is 11.1 Å². The van der Waals surface area contributed by atoms with Gasteiger partial charge in [-0.25, -0.2) is 0 Å². The molecule has 1 saturated heterocycles. The highest BCUT2D eigenvalue weighted by Gasteiger charge is 2.44. The summed E-state index contributed by atoms with van der Waals surface area (Å²) in [5.41, 5.74) is 0.613. The van der Waals surface area contributed by atoms with Crippen LogP contribution < -0.4 is 5.32 Å². The van der Waals surface area contributed by atoms with Gasteiger partial charge in [0.1, 0.15) is 6.04 Å². The van der Waals surface area contributed by atoms with E-state index in [1.165, 1.54) is 0 Å². The lowest BCUT2D eigenvalue weighted by Crippen LogP contribution is -2.54. The molecule has 0 aromatic heterocycles. The van der Waals surface area contributed by atoms with Crippen molar-refractivity contribution in [1.82, 2.24) is 10.2 Å². The lowest BCUT2D eigenvalue weighted by atomic mass is 10.0. The molecule has 3 rings (SSSR count). The summed E-state index contributed by atoms with van der Waals surface area (Å²) in [6.07, 6.45) is 1.16. The molecule has 1 aromatic rings. The van der Waals surface area contributed by atoms with Crippen LogP contribution in [0.4, 0.5) is 0 Å². The summed E-state index contributed by atoms with van der Waals surface area (Å²) >= 11 is 1.58. The number of piperidine rings is 1. The van der Waals surface area contributed by atoms with Crippen molar-refractivity contribution in [2.75, 3.05) is 19.5 Å². The van der Waals surface area contributed by atoms with Crippen LogP contribution in [0.3, 0.4) is 0 Å². The van der Waals surface area contributed by atoms with Crippen LogP contribution in [-0.2, 0) is 14.3 Å². The first-order valence-corrected chi connectivity index (χ1v) is 8.99. The Bertz CT molecular complexity index is 749. The molecule has 1 fully saturated rings. The average molecular weight is 362 g/mol. The van der Waals surface area contributed by atoms with Gasteiger partial charge in [0.15, 0.2) is 0 Å². The molecular formula is C17H18N2O5S. The fourth-order valence-corrected chi connectivity index (χ4v) is 3.80. The standard InChI is InChI=1S/C17H18N2O5S/c1-24-7-2-8-25-10-3-4-11-12(9-10)17(23)19(16(11)22)13-5-6-14(20)18-15(13)21/h3-4,9,13H,2,5-8H2,1H3,(H,18,20,21). The quantitative estimate of drug-likeness (QED) is 0.465. The highest BCUT2D eigenvalue weighted by atomic mass is 32.2. The number of imide groups is 2. The summed E-state index contributed by atoms with van der Waals surface area (Å²) in [5.74, 6) is -1.10. The van der Waals surface area contributed by atoms with E-state index in [0.29, 0.717) is 17.7 Å². The van der Waals surface area contributed by atoms with Crippen molar-refractivity contribution in [2.24, 2.45) is 0 Å². The molecule has 2 aliphatic heterocycles. The minimum atomic E-state index is -0.928. The maximum atomic E-state index is 12.7. The number of benzene rings is 1. The maximum Gasteiger partial charge on any atom is 0.262 e. The second-order valence-corrected chi connectivity index (χ2v) is 7.02. The average Bonchev–Trinajstić information content (AvgIpc) is 2.83. The van der Waals surface area contributed by atoms with Crippen LogP contribution in [0.15, 0.2) is 23.1 Å². The van der Waals surface area contributed by atoms with Gasteiger partial charge in [0.25, 0.3) is 11.8 Å². The Morgan fingerprint density at radius 3 is 2.68 bits per heavy atom. The summed E-state index contributed by atoms with van der Waals surface area (Å²) in [6, 6.07) is 4.19. The zero-order chi connectivity index (χ0) is 18.0. The summed E-state index contributed by atoms with van der Waals surface area (Å²) in [6.45, 7) is 0.665. The molecule has 2 aliphatic rings. The van der Waals surface area contributed by atoms with Gasteiger partial charge in [0.2, 0.25) is 11.8 Å². The summed E-state index contributed by atoms with van der Waals surface area (Å²) in [5, 5.41) is 2.19. The van der Waals surface area contributed by atoms with Crippen molar-refractivity contribution in [3.05, 3.63) is 29.3 Å². The fourth-order valence-electron chi connectivity index (χ4n) is 2.93.